The van der Waals surface area contributed by atoms with Gasteiger partial charge in [-0.3, -0.25) is 0 Å². The summed E-state index contributed by atoms with van der Waals surface area (Å²) in [5.74, 6) is -0.514. The quantitative estimate of drug-likeness (QED) is 0.889. The monoisotopic (exact) mass is 261 g/mol. The molecule has 7 heteroatoms. The third kappa shape index (κ3) is 2.75. The van der Waals surface area contributed by atoms with Gasteiger partial charge in [0.25, 0.3) is 0 Å². The molecule has 0 aliphatic rings. The third-order valence-electron chi connectivity index (χ3n) is 2.56. The molecule has 0 fully saturated rings. The molecule has 0 aliphatic heterocycles. The van der Waals surface area contributed by atoms with Gasteiger partial charge in [-0.2, -0.15) is 0 Å². The first-order valence-corrected chi connectivity index (χ1v) is 5.83. The maximum atomic E-state index is 11.2. The molecule has 2 aromatic heterocycles. The van der Waals surface area contributed by atoms with Crippen LogP contribution >= 0.6 is 0 Å². The van der Waals surface area contributed by atoms with E-state index in [0.717, 1.165) is 0 Å². The molecule has 19 heavy (non-hydrogen) atoms. The molecule has 0 unspecified atom stereocenters. The van der Waals surface area contributed by atoms with Crippen molar-refractivity contribution in [3.8, 4) is 0 Å². The SMILES string of the molecule is CC(C)(C)c1c(C(=O)O)nnn1Cc1ncccn1. The van der Waals surface area contributed by atoms with E-state index in [-0.39, 0.29) is 11.1 Å². The summed E-state index contributed by atoms with van der Waals surface area (Å²) in [6.07, 6.45) is 3.27. The van der Waals surface area contributed by atoms with Crippen molar-refractivity contribution in [2.45, 2.75) is 32.7 Å². The Morgan fingerprint density at radius 1 is 1.32 bits per heavy atom. The highest BCUT2D eigenvalue weighted by molar-refractivity contribution is 5.86. The van der Waals surface area contributed by atoms with Crippen molar-refractivity contribution < 1.29 is 9.90 Å². The van der Waals surface area contributed by atoms with Crippen LogP contribution in [0, 0.1) is 0 Å². The van der Waals surface area contributed by atoms with E-state index in [1.165, 1.54) is 0 Å². The van der Waals surface area contributed by atoms with Gasteiger partial charge in [0.05, 0.1) is 5.69 Å². The fourth-order valence-electron chi connectivity index (χ4n) is 1.86. The van der Waals surface area contributed by atoms with Crippen LogP contribution in [0.15, 0.2) is 18.5 Å². The number of hydrogen-bond acceptors (Lipinski definition) is 5. The topological polar surface area (TPSA) is 93.8 Å². The largest absolute Gasteiger partial charge is 0.476 e. The lowest BCUT2D eigenvalue weighted by Crippen LogP contribution is -2.22. The van der Waals surface area contributed by atoms with Crippen molar-refractivity contribution in [1.29, 1.82) is 0 Å². The lowest BCUT2D eigenvalue weighted by molar-refractivity contribution is 0.0687. The number of carboxylic acid groups (broad SMARTS) is 1. The Bertz CT molecular complexity index is 586. The second-order valence-corrected chi connectivity index (χ2v) is 5.16. The molecule has 1 N–H and O–H groups in total. The van der Waals surface area contributed by atoms with E-state index in [1.807, 2.05) is 20.8 Å². The Morgan fingerprint density at radius 3 is 2.47 bits per heavy atom. The average molecular weight is 261 g/mol. The Morgan fingerprint density at radius 2 is 1.95 bits per heavy atom. The molecular weight excluding hydrogens is 246 g/mol. The zero-order valence-electron chi connectivity index (χ0n) is 11.0. The van der Waals surface area contributed by atoms with E-state index in [2.05, 4.69) is 20.3 Å². The van der Waals surface area contributed by atoms with E-state index in [0.29, 0.717) is 18.1 Å². The summed E-state index contributed by atoms with van der Waals surface area (Å²) in [5, 5.41) is 16.8. The van der Waals surface area contributed by atoms with Crippen LogP contribution in [0.5, 0.6) is 0 Å². The molecular formula is C12H15N5O2. The highest BCUT2D eigenvalue weighted by atomic mass is 16.4. The van der Waals surface area contributed by atoms with Gasteiger partial charge < -0.3 is 5.11 Å². The molecule has 2 aromatic rings. The molecule has 0 spiro atoms. The highest BCUT2D eigenvalue weighted by Gasteiger charge is 2.29. The average Bonchev–Trinajstić information content (AvgIpc) is 2.74. The van der Waals surface area contributed by atoms with Gasteiger partial charge in [-0.15, -0.1) is 5.10 Å². The molecule has 0 aliphatic carbocycles. The highest BCUT2D eigenvalue weighted by Crippen LogP contribution is 2.24. The zero-order valence-corrected chi connectivity index (χ0v) is 11.0. The molecule has 100 valence electrons. The van der Waals surface area contributed by atoms with Gasteiger partial charge in [-0.25, -0.2) is 19.4 Å². The molecule has 0 radical (unpaired) electrons. The maximum absolute atomic E-state index is 11.2. The summed E-state index contributed by atoms with van der Waals surface area (Å²) in [5.41, 5.74) is 0.155. The van der Waals surface area contributed by atoms with Gasteiger partial charge >= 0.3 is 5.97 Å². The lowest BCUT2D eigenvalue weighted by Gasteiger charge is -2.19. The maximum Gasteiger partial charge on any atom is 0.358 e. The standard InChI is InChI=1S/C12H15N5O2/c1-12(2,3)10-9(11(18)19)15-16-17(10)7-8-13-5-4-6-14-8/h4-6H,7H2,1-3H3,(H,18,19). The summed E-state index contributed by atoms with van der Waals surface area (Å²) >= 11 is 0. The van der Waals surface area contributed by atoms with E-state index >= 15 is 0 Å². The number of aromatic nitrogens is 5. The van der Waals surface area contributed by atoms with Crippen molar-refractivity contribution in [2.75, 3.05) is 0 Å². The summed E-state index contributed by atoms with van der Waals surface area (Å²) in [6.45, 7) is 6.05. The lowest BCUT2D eigenvalue weighted by atomic mass is 9.90. The summed E-state index contributed by atoms with van der Waals surface area (Å²) in [4.78, 5) is 19.4. The van der Waals surface area contributed by atoms with Crippen molar-refractivity contribution in [2.24, 2.45) is 0 Å². The molecule has 2 rings (SSSR count). The first kappa shape index (κ1) is 13.1. The van der Waals surface area contributed by atoms with Crippen LogP contribution < -0.4 is 0 Å². The Hall–Kier alpha value is -2.31. The smallest absolute Gasteiger partial charge is 0.358 e. The van der Waals surface area contributed by atoms with Crippen molar-refractivity contribution in [3.05, 3.63) is 35.7 Å². The van der Waals surface area contributed by atoms with Crippen molar-refractivity contribution in [3.63, 3.8) is 0 Å². The predicted molar refractivity (Wildman–Crippen MR) is 66.8 cm³/mol. The van der Waals surface area contributed by atoms with Crippen LogP contribution in [0.3, 0.4) is 0 Å². The number of nitrogens with zero attached hydrogens (tertiary/aromatic N) is 5. The number of carboxylic acids is 1. The molecule has 2 heterocycles. The van der Waals surface area contributed by atoms with Gasteiger partial charge in [-0.05, 0) is 6.07 Å². The van der Waals surface area contributed by atoms with Crippen molar-refractivity contribution >= 4 is 5.97 Å². The number of rotatable bonds is 3. The molecule has 0 saturated heterocycles. The van der Waals surface area contributed by atoms with Gasteiger partial charge in [0, 0.05) is 17.8 Å². The summed E-state index contributed by atoms with van der Waals surface area (Å²) < 4.78 is 1.54. The zero-order chi connectivity index (χ0) is 14.0. The van der Waals surface area contributed by atoms with Crippen LogP contribution in [-0.2, 0) is 12.0 Å². The summed E-state index contributed by atoms with van der Waals surface area (Å²) in [7, 11) is 0. The molecule has 7 nitrogen and oxygen atoms in total. The van der Waals surface area contributed by atoms with Crippen LogP contribution in [0.2, 0.25) is 0 Å². The van der Waals surface area contributed by atoms with Crippen LogP contribution in [0.1, 0.15) is 42.8 Å². The first-order valence-electron chi connectivity index (χ1n) is 5.83. The van der Waals surface area contributed by atoms with E-state index in [4.69, 9.17) is 5.11 Å². The first-order chi connectivity index (χ1) is 8.89. The van der Waals surface area contributed by atoms with Gasteiger partial charge in [-0.1, -0.05) is 26.0 Å². The van der Waals surface area contributed by atoms with Crippen LogP contribution in [-0.4, -0.2) is 36.0 Å². The minimum atomic E-state index is -1.08. The fourth-order valence-corrected chi connectivity index (χ4v) is 1.86. The Kier molecular flexibility index (Phi) is 3.28. The Balaban J connectivity index is 2.44. The molecule has 0 saturated carbocycles. The fraction of sp³-hybridized carbons (Fsp3) is 0.417. The van der Waals surface area contributed by atoms with Gasteiger partial charge in [0.1, 0.15) is 12.4 Å². The second kappa shape index (κ2) is 4.75. The second-order valence-electron chi connectivity index (χ2n) is 5.16. The third-order valence-corrected chi connectivity index (χ3v) is 2.56. The van der Waals surface area contributed by atoms with Gasteiger partial charge in [0.2, 0.25) is 0 Å². The Labute approximate surface area is 110 Å². The molecule has 0 aromatic carbocycles. The predicted octanol–water partition coefficient (Wildman–Crippen LogP) is 1.11. The summed E-state index contributed by atoms with van der Waals surface area (Å²) in [6, 6.07) is 1.72. The van der Waals surface area contributed by atoms with Crippen LogP contribution in [0.4, 0.5) is 0 Å². The number of hydrogen-bond donors (Lipinski definition) is 1. The molecule has 0 atom stereocenters. The van der Waals surface area contributed by atoms with E-state index < -0.39 is 5.97 Å². The minimum absolute atomic E-state index is 0.0246. The number of carbonyl (C=O) groups is 1. The minimum Gasteiger partial charge on any atom is -0.476 e. The molecule has 0 amide bonds. The van der Waals surface area contributed by atoms with E-state index in [1.54, 1.807) is 23.1 Å². The number of aromatic carboxylic acids is 1. The molecule has 0 bridgehead atoms. The van der Waals surface area contributed by atoms with Crippen molar-refractivity contribution in [1.82, 2.24) is 25.0 Å². The van der Waals surface area contributed by atoms with E-state index in [9.17, 15) is 4.79 Å². The normalized spacial score (nSPS) is 11.5. The van der Waals surface area contributed by atoms with Gasteiger partial charge in [0.15, 0.2) is 5.69 Å². The van der Waals surface area contributed by atoms with Crippen LogP contribution in [0.25, 0.3) is 0 Å².